The first-order valence-electron chi connectivity index (χ1n) is 8.59. The summed E-state index contributed by atoms with van der Waals surface area (Å²) in [5.74, 6) is 1.15. The third-order valence-corrected chi connectivity index (χ3v) is 4.18. The van der Waals surface area contributed by atoms with Gasteiger partial charge >= 0.3 is 0 Å². The van der Waals surface area contributed by atoms with Gasteiger partial charge in [-0.2, -0.15) is 5.10 Å². The van der Waals surface area contributed by atoms with Gasteiger partial charge in [-0.3, -0.25) is 4.79 Å². The van der Waals surface area contributed by atoms with Gasteiger partial charge in [-0.25, -0.2) is 5.43 Å². The number of halogens is 1. The van der Waals surface area contributed by atoms with E-state index in [1.54, 1.807) is 37.6 Å². The second-order valence-electron chi connectivity index (χ2n) is 5.91. The van der Waals surface area contributed by atoms with Crippen LogP contribution in [-0.4, -0.2) is 19.2 Å². The maximum atomic E-state index is 12.0. The Bertz CT molecular complexity index is 937. The summed E-state index contributed by atoms with van der Waals surface area (Å²) in [6, 6.07) is 21.7. The maximum Gasteiger partial charge on any atom is 0.271 e. The Morgan fingerprint density at radius 1 is 0.964 bits per heavy atom. The number of carbonyl (C=O) groups excluding carboxylic acids is 1. The van der Waals surface area contributed by atoms with Crippen LogP contribution in [0.2, 0.25) is 5.02 Å². The molecule has 0 fully saturated rings. The highest BCUT2D eigenvalue weighted by atomic mass is 35.5. The Hall–Kier alpha value is -3.31. The van der Waals surface area contributed by atoms with E-state index in [9.17, 15) is 4.79 Å². The Morgan fingerprint density at radius 3 is 2.25 bits per heavy atom. The van der Waals surface area contributed by atoms with Crippen molar-refractivity contribution >= 4 is 23.7 Å². The lowest BCUT2D eigenvalue weighted by Gasteiger charge is -2.06. The van der Waals surface area contributed by atoms with Crippen molar-refractivity contribution in [2.75, 3.05) is 7.11 Å². The second-order valence-corrected chi connectivity index (χ2v) is 6.35. The number of rotatable bonds is 7. The molecule has 5 nitrogen and oxygen atoms in total. The molecule has 0 atom stereocenters. The summed E-state index contributed by atoms with van der Waals surface area (Å²) in [6.07, 6.45) is 1.57. The van der Waals surface area contributed by atoms with Crippen LogP contribution in [0.5, 0.6) is 11.5 Å². The van der Waals surface area contributed by atoms with Crippen LogP contribution in [0, 0.1) is 0 Å². The molecule has 3 aromatic rings. The average molecular weight is 395 g/mol. The van der Waals surface area contributed by atoms with E-state index in [1.165, 1.54) is 0 Å². The van der Waals surface area contributed by atoms with E-state index in [1.807, 2.05) is 48.5 Å². The van der Waals surface area contributed by atoms with Gasteiger partial charge in [0.15, 0.2) is 0 Å². The minimum Gasteiger partial charge on any atom is -0.497 e. The van der Waals surface area contributed by atoms with Gasteiger partial charge in [0, 0.05) is 10.6 Å². The molecule has 3 aromatic carbocycles. The third-order valence-electron chi connectivity index (χ3n) is 3.93. The molecule has 0 radical (unpaired) electrons. The molecule has 6 heteroatoms. The highest BCUT2D eigenvalue weighted by Crippen LogP contribution is 2.15. The van der Waals surface area contributed by atoms with E-state index in [0.29, 0.717) is 22.9 Å². The van der Waals surface area contributed by atoms with Gasteiger partial charge in [0.2, 0.25) is 0 Å². The molecule has 0 saturated heterocycles. The number of nitrogens with zero attached hydrogens (tertiary/aromatic N) is 1. The summed E-state index contributed by atoms with van der Waals surface area (Å²) in [5.41, 5.74) is 4.88. The summed E-state index contributed by atoms with van der Waals surface area (Å²) in [5, 5.41) is 4.68. The predicted molar refractivity (Wildman–Crippen MR) is 110 cm³/mol. The second kappa shape index (κ2) is 9.58. The fraction of sp³-hybridized carbons (Fsp3) is 0.0909. The molecule has 1 N–H and O–H groups in total. The molecule has 0 aliphatic rings. The predicted octanol–water partition coefficient (Wildman–Crippen LogP) is 4.69. The van der Waals surface area contributed by atoms with Gasteiger partial charge in [-0.15, -0.1) is 0 Å². The van der Waals surface area contributed by atoms with Gasteiger partial charge in [-0.05, 0) is 71.8 Å². The van der Waals surface area contributed by atoms with Crippen molar-refractivity contribution in [1.29, 1.82) is 0 Å². The topological polar surface area (TPSA) is 59.9 Å². The number of nitrogens with one attached hydrogen (secondary N) is 1. The number of hydrogen-bond acceptors (Lipinski definition) is 4. The number of hydrazone groups is 1. The van der Waals surface area contributed by atoms with Crippen molar-refractivity contribution in [3.05, 3.63) is 94.5 Å². The van der Waals surface area contributed by atoms with E-state index in [-0.39, 0.29) is 5.91 Å². The van der Waals surface area contributed by atoms with E-state index in [2.05, 4.69) is 10.5 Å². The van der Waals surface area contributed by atoms with Crippen molar-refractivity contribution in [3.63, 3.8) is 0 Å². The van der Waals surface area contributed by atoms with Crippen LogP contribution in [0.3, 0.4) is 0 Å². The number of hydrogen-bond donors (Lipinski definition) is 1. The van der Waals surface area contributed by atoms with Crippen LogP contribution in [0.25, 0.3) is 0 Å². The van der Waals surface area contributed by atoms with Crippen LogP contribution in [-0.2, 0) is 6.61 Å². The lowest BCUT2D eigenvalue weighted by Crippen LogP contribution is -2.17. The van der Waals surface area contributed by atoms with Gasteiger partial charge in [0.05, 0.1) is 13.3 Å². The molecule has 0 saturated carbocycles. The zero-order valence-corrected chi connectivity index (χ0v) is 16.0. The lowest BCUT2D eigenvalue weighted by molar-refractivity contribution is 0.0955. The summed E-state index contributed by atoms with van der Waals surface area (Å²) in [7, 11) is 1.58. The summed E-state index contributed by atoms with van der Waals surface area (Å²) in [6.45, 7) is 0.461. The Balaban J connectivity index is 1.50. The smallest absolute Gasteiger partial charge is 0.271 e. The van der Waals surface area contributed by atoms with Crippen molar-refractivity contribution in [3.8, 4) is 11.5 Å². The Kier molecular flexibility index (Phi) is 6.65. The van der Waals surface area contributed by atoms with Crippen LogP contribution in [0.4, 0.5) is 0 Å². The van der Waals surface area contributed by atoms with Crippen molar-refractivity contribution in [1.82, 2.24) is 5.43 Å². The van der Waals surface area contributed by atoms with Crippen molar-refractivity contribution in [2.24, 2.45) is 5.10 Å². The summed E-state index contributed by atoms with van der Waals surface area (Å²) >= 11 is 5.87. The van der Waals surface area contributed by atoms with Gasteiger partial charge < -0.3 is 9.47 Å². The first kappa shape index (κ1) is 19.5. The molecule has 0 unspecified atom stereocenters. The number of carbonyl (C=O) groups is 1. The van der Waals surface area contributed by atoms with Crippen LogP contribution in [0.15, 0.2) is 77.9 Å². The van der Waals surface area contributed by atoms with Crippen molar-refractivity contribution in [2.45, 2.75) is 6.61 Å². The number of benzene rings is 3. The lowest BCUT2D eigenvalue weighted by atomic mass is 10.2. The SMILES string of the molecule is COc1ccc(C(=O)N/N=C\c2ccc(OCc3ccc(Cl)cc3)cc2)cc1. The monoisotopic (exact) mass is 394 g/mol. The van der Waals surface area contributed by atoms with E-state index < -0.39 is 0 Å². The summed E-state index contributed by atoms with van der Waals surface area (Å²) < 4.78 is 10.8. The van der Waals surface area contributed by atoms with E-state index in [0.717, 1.165) is 16.9 Å². The fourth-order valence-electron chi connectivity index (χ4n) is 2.37. The van der Waals surface area contributed by atoms with Crippen LogP contribution < -0.4 is 14.9 Å². The summed E-state index contributed by atoms with van der Waals surface area (Å²) in [4.78, 5) is 12.0. The van der Waals surface area contributed by atoms with E-state index in [4.69, 9.17) is 21.1 Å². The van der Waals surface area contributed by atoms with Gasteiger partial charge in [-0.1, -0.05) is 23.7 Å². The molecule has 0 aliphatic heterocycles. The van der Waals surface area contributed by atoms with Gasteiger partial charge in [0.25, 0.3) is 5.91 Å². The molecule has 3 rings (SSSR count). The third kappa shape index (κ3) is 5.59. The highest BCUT2D eigenvalue weighted by Gasteiger charge is 2.03. The van der Waals surface area contributed by atoms with Crippen LogP contribution in [0.1, 0.15) is 21.5 Å². The minimum atomic E-state index is -0.290. The first-order valence-corrected chi connectivity index (χ1v) is 8.96. The molecule has 0 aliphatic carbocycles. The van der Waals surface area contributed by atoms with Crippen molar-refractivity contribution < 1.29 is 14.3 Å². The quantitative estimate of drug-likeness (QED) is 0.467. The van der Waals surface area contributed by atoms with E-state index >= 15 is 0 Å². The normalized spacial score (nSPS) is 10.6. The maximum absolute atomic E-state index is 12.0. The molecule has 0 bridgehead atoms. The van der Waals surface area contributed by atoms with Gasteiger partial charge in [0.1, 0.15) is 18.1 Å². The first-order chi connectivity index (χ1) is 13.6. The minimum absolute atomic E-state index is 0.290. The molecular weight excluding hydrogens is 376 g/mol. The molecular formula is C22H19ClN2O3. The number of amides is 1. The molecule has 0 spiro atoms. The Labute approximate surface area is 168 Å². The molecule has 142 valence electrons. The molecule has 0 aromatic heterocycles. The van der Waals surface area contributed by atoms with Crippen LogP contribution >= 0.6 is 11.6 Å². The number of ether oxygens (including phenoxy) is 2. The Morgan fingerprint density at radius 2 is 1.61 bits per heavy atom. The molecule has 28 heavy (non-hydrogen) atoms. The average Bonchev–Trinajstić information content (AvgIpc) is 2.74. The standard InChI is InChI=1S/C22H19ClN2O3/c1-27-20-12-6-18(7-13-20)22(26)25-24-14-16-4-10-21(11-5-16)28-15-17-2-8-19(23)9-3-17/h2-14H,15H2,1H3,(H,25,26)/b24-14-. The largest absolute Gasteiger partial charge is 0.497 e. The molecule has 1 amide bonds. The number of methoxy groups -OCH3 is 1. The highest BCUT2D eigenvalue weighted by molar-refractivity contribution is 6.30. The molecule has 0 heterocycles. The zero-order chi connectivity index (χ0) is 19.8. The fourth-order valence-corrected chi connectivity index (χ4v) is 2.50. The zero-order valence-electron chi connectivity index (χ0n) is 15.3.